The number of alkyl halides is 3. The van der Waals surface area contributed by atoms with E-state index in [4.69, 9.17) is 44.3 Å². The Morgan fingerprint density at radius 3 is 1.64 bits per heavy atom. The molecule has 1 aromatic heterocycles. The van der Waals surface area contributed by atoms with E-state index in [2.05, 4.69) is 12.0 Å². The number of carbonyl (C=O) groups is 3. The minimum absolute atomic E-state index is 0.0584. The highest BCUT2D eigenvalue weighted by Crippen LogP contribution is 2.42. The maximum atomic E-state index is 16.0. The molecule has 3 aromatic carbocycles. The number of hydrogen-bond donors (Lipinski definition) is 0. The summed E-state index contributed by atoms with van der Waals surface area (Å²) in [4.78, 5) is 48.7. The molecule has 0 saturated heterocycles. The van der Waals surface area contributed by atoms with Gasteiger partial charge in [0.1, 0.15) is 24.2 Å². The predicted octanol–water partition coefficient (Wildman–Crippen LogP) is 10.2. The molecule has 0 radical (unpaired) electrons. The van der Waals surface area contributed by atoms with Crippen LogP contribution in [0.1, 0.15) is 94.2 Å². The molecule has 0 aliphatic carbocycles. The van der Waals surface area contributed by atoms with E-state index < -0.39 is 33.3 Å². The number of amides is 3. The largest absolute Gasteiger partial charge is 0.380 e. The van der Waals surface area contributed by atoms with Gasteiger partial charge in [0.2, 0.25) is 11.8 Å². The second-order valence-corrected chi connectivity index (χ2v) is 16.7. The number of ether oxygens (including phenoxy) is 2. The summed E-state index contributed by atoms with van der Waals surface area (Å²) < 4.78 is 13.7. The smallest absolute Gasteiger partial charge is 0.252 e. The SMILES string of the molecule is CCCCOCN(C(=O)C(Cl)C(Cl)(C(=O)N(CCOCCC)c1c(CC)cccc1CC)C(Cl)C(=O)N(Cn1cccn1)c1c(C)cccc1C)c1c(CC)cccc1CC. The van der Waals surface area contributed by atoms with Gasteiger partial charge in [-0.3, -0.25) is 28.9 Å². The second-order valence-electron chi connectivity index (χ2n) is 15.2. The number of para-hydroxylation sites is 3. The summed E-state index contributed by atoms with van der Waals surface area (Å²) in [6.45, 7) is 16.7. The van der Waals surface area contributed by atoms with Gasteiger partial charge in [0, 0.05) is 32.2 Å². The molecule has 3 atom stereocenters. The van der Waals surface area contributed by atoms with Crippen molar-refractivity contribution >= 4 is 69.6 Å². The van der Waals surface area contributed by atoms with E-state index >= 15 is 14.4 Å². The van der Waals surface area contributed by atoms with Crippen LogP contribution in [0.5, 0.6) is 0 Å². The number of carbonyl (C=O) groups excluding carboxylic acids is 3. The molecule has 4 aromatic rings. The van der Waals surface area contributed by atoms with E-state index in [1.165, 1.54) is 14.7 Å². The van der Waals surface area contributed by atoms with Crippen molar-refractivity contribution in [1.29, 1.82) is 0 Å². The Kier molecular flexibility index (Phi) is 19.6. The zero-order valence-electron chi connectivity index (χ0n) is 37.2. The summed E-state index contributed by atoms with van der Waals surface area (Å²) in [6, 6.07) is 19.2. The molecule has 332 valence electrons. The van der Waals surface area contributed by atoms with Crippen LogP contribution in [0.15, 0.2) is 73.1 Å². The molecule has 3 amide bonds. The van der Waals surface area contributed by atoms with Crippen LogP contribution >= 0.6 is 34.8 Å². The maximum Gasteiger partial charge on any atom is 0.252 e. The van der Waals surface area contributed by atoms with E-state index in [1.807, 2.05) is 103 Å². The lowest BCUT2D eigenvalue weighted by molar-refractivity contribution is -0.129. The summed E-state index contributed by atoms with van der Waals surface area (Å²) in [5.41, 5.74) is 6.94. The number of halogens is 3. The molecule has 1 heterocycles. The normalized spacial score (nSPS) is 13.4. The van der Waals surface area contributed by atoms with Crippen LogP contribution in [-0.2, 0) is 56.2 Å². The molecule has 0 spiro atoms. The Hall–Kier alpha value is -3.93. The third-order valence-corrected chi connectivity index (χ3v) is 12.9. The lowest BCUT2D eigenvalue weighted by atomic mass is 9.92. The van der Waals surface area contributed by atoms with Crippen molar-refractivity contribution in [2.24, 2.45) is 0 Å². The van der Waals surface area contributed by atoms with Gasteiger partial charge in [-0.15, -0.1) is 34.8 Å². The Balaban J connectivity index is 2.02. The number of aryl methyl sites for hydroxylation is 6. The maximum absolute atomic E-state index is 16.0. The number of anilines is 3. The summed E-state index contributed by atoms with van der Waals surface area (Å²) in [5, 5.41) is 0.632. The zero-order chi connectivity index (χ0) is 44.7. The molecule has 0 fully saturated rings. The van der Waals surface area contributed by atoms with E-state index in [9.17, 15) is 0 Å². The molecule has 0 bridgehead atoms. The first-order chi connectivity index (χ1) is 29.3. The Morgan fingerprint density at radius 1 is 0.656 bits per heavy atom. The van der Waals surface area contributed by atoms with Gasteiger partial charge in [0.25, 0.3) is 5.91 Å². The molecule has 0 aliphatic heterocycles. The molecule has 10 nitrogen and oxygen atoms in total. The van der Waals surface area contributed by atoms with Gasteiger partial charge in [-0.25, -0.2) is 0 Å². The molecule has 13 heteroatoms. The van der Waals surface area contributed by atoms with Gasteiger partial charge in [-0.2, -0.15) is 5.10 Å². The highest BCUT2D eigenvalue weighted by molar-refractivity contribution is 6.54. The predicted molar refractivity (Wildman–Crippen MR) is 251 cm³/mol. The lowest BCUT2D eigenvalue weighted by Crippen LogP contribution is -2.64. The molecular weight excluding hydrogens is 833 g/mol. The third kappa shape index (κ3) is 11.6. The molecule has 0 N–H and O–H groups in total. The van der Waals surface area contributed by atoms with Gasteiger partial charge in [0.05, 0.1) is 23.7 Å². The number of hydrogen-bond acceptors (Lipinski definition) is 6. The highest BCUT2D eigenvalue weighted by atomic mass is 35.5. The standard InChI is InChI=1S/C48H64Cl3N5O5/c1-9-15-30-61-33-56(42-38(13-5)24-18-25-39(42)14-6)46(58)44(50)48(51,47(59)54(28-31-60-29-10-2)41-36(11-3)22-17-23-37(41)12-4)43(49)45(57)55(32-53-27-19-26-52-53)40-34(7)20-16-21-35(40)8/h16-27,43-44H,9-15,28-33H2,1-8H3. The van der Waals surface area contributed by atoms with Gasteiger partial charge in [-0.05, 0) is 91.8 Å². The molecule has 0 saturated carbocycles. The average Bonchev–Trinajstić information content (AvgIpc) is 3.80. The fraction of sp³-hybridized carbons (Fsp3) is 0.500. The van der Waals surface area contributed by atoms with Crippen molar-refractivity contribution in [2.45, 2.75) is 123 Å². The summed E-state index contributed by atoms with van der Waals surface area (Å²) in [5.74, 6) is -2.24. The van der Waals surface area contributed by atoms with E-state index in [-0.39, 0.29) is 26.6 Å². The third-order valence-electron chi connectivity index (χ3n) is 11.0. The summed E-state index contributed by atoms with van der Waals surface area (Å²) in [7, 11) is 0. The van der Waals surface area contributed by atoms with Crippen molar-refractivity contribution in [3.8, 4) is 0 Å². The Labute approximate surface area is 378 Å². The van der Waals surface area contributed by atoms with Crippen LogP contribution in [0, 0.1) is 13.8 Å². The highest BCUT2D eigenvalue weighted by Gasteiger charge is 2.59. The van der Waals surface area contributed by atoms with E-state index in [0.717, 1.165) is 52.6 Å². The lowest BCUT2D eigenvalue weighted by Gasteiger charge is -2.41. The second kappa shape index (κ2) is 24.1. The van der Waals surface area contributed by atoms with E-state index in [0.29, 0.717) is 56.0 Å². The van der Waals surface area contributed by atoms with Gasteiger partial charge in [0.15, 0.2) is 4.87 Å². The van der Waals surface area contributed by atoms with E-state index in [1.54, 1.807) is 23.1 Å². The van der Waals surface area contributed by atoms with Crippen LogP contribution < -0.4 is 14.7 Å². The fourth-order valence-electron chi connectivity index (χ4n) is 7.68. The molecule has 61 heavy (non-hydrogen) atoms. The van der Waals surface area contributed by atoms with Gasteiger partial charge in [-0.1, -0.05) is 103 Å². The van der Waals surface area contributed by atoms with Crippen molar-refractivity contribution < 1.29 is 23.9 Å². The van der Waals surface area contributed by atoms with Crippen LogP contribution in [0.4, 0.5) is 17.1 Å². The average molecular weight is 897 g/mol. The number of aromatic nitrogens is 2. The molecule has 4 rings (SSSR count). The first-order valence-corrected chi connectivity index (χ1v) is 22.9. The Morgan fingerprint density at radius 2 is 1.16 bits per heavy atom. The summed E-state index contributed by atoms with van der Waals surface area (Å²) >= 11 is 22.9. The minimum atomic E-state index is -2.57. The molecule has 0 aliphatic rings. The van der Waals surface area contributed by atoms with Crippen LogP contribution in [0.2, 0.25) is 0 Å². The first kappa shape index (κ1) is 49.7. The quantitative estimate of drug-likeness (QED) is 0.0395. The summed E-state index contributed by atoms with van der Waals surface area (Å²) in [6.07, 6.45) is 8.16. The molecular formula is C48H64Cl3N5O5. The Bertz CT molecular complexity index is 1980. The van der Waals surface area contributed by atoms with Crippen LogP contribution in [0.3, 0.4) is 0 Å². The minimum Gasteiger partial charge on any atom is -0.380 e. The monoisotopic (exact) mass is 895 g/mol. The number of benzene rings is 3. The number of unbranched alkanes of at least 4 members (excludes halogenated alkanes) is 1. The van der Waals surface area contributed by atoms with Gasteiger partial charge < -0.3 is 14.4 Å². The topological polar surface area (TPSA) is 97.2 Å². The first-order valence-electron chi connectivity index (χ1n) is 21.7. The fourth-order valence-corrected chi connectivity index (χ4v) is 8.70. The van der Waals surface area contributed by atoms with Crippen molar-refractivity contribution in [3.63, 3.8) is 0 Å². The number of rotatable bonds is 24. The van der Waals surface area contributed by atoms with Crippen molar-refractivity contribution in [3.05, 3.63) is 106 Å². The van der Waals surface area contributed by atoms with Crippen molar-refractivity contribution in [2.75, 3.05) is 47.8 Å². The van der Waals surface area contributed by atoms with Crippen molar-refractivity contribution in [1.82, 2.24) is 9.78 Å². The zero-order valence-corrected chi connectivity index (χ0v) is 39.5. The molecule has 3 unspecified atom stereocenters. The van der Waals surface area contributed by atoms with Crippen LogP contribution in [-0.4, -0.2) is 76.2 Å². The number of nitrogens with zero attached hydrogens (tertiary/aromatic N) is 5. The van der Waals surface area contributed by atoms with Gasteiger partial charge >= 0.3 is 0 Å². The van der Waals surface area contributed by atoms with Crippen LogP contribution in [0.25, 0.3) is 0 Å².